The van der Waals surface area contributed by atoms with Crippen LogP contribution in [0.2, 0.25) is 0 Å². The molecule has 3 saturated heterocycles. The molecule has 0 spiro atoms. The molecule has 1 saturated carbocycles. The Kier molecular flexibility index (Phi) is 4.94. The summed E-state index contributed by atoms with van der Waals surface area (Å²) < 4.78 is 31.4. The number of methoxy groups -OCH3 is 2. The third-order valence-corrected chi connectivity index (χ3v) is 9.81. The fraction of sp³-hybridized carbons (Fsp3) is 0.679. The molecule has 0 amide bonds. The van der Waals surface area contributed by atoms with Crippen molar-refractivity contribution in [1.29, 1.82) is 0 Å². The first-order chi connectivity index (χ1) is 16.2. The van der Waals surface area contributed by atoms with Crippen LogP contribution in [0.1, 0.15) is 63.2 Å². The first-order valence-corrected chi connectivity index (χ1v) is 12.6. The van der Waals surface area contributed by atoms with Crippen LogP contribution >= 0.6 is 0 Å². The van der Waals surface area contributed by atoms with Gasteiger partial charge in [-0.05, 0) is 42.7 Å². The first kappa shape index (κ1) is 22.7. The lowest BCUT2D eigenvalue weighted by Gasteiger charge is -2.55. The highest BCUT2D eigenvalue weighted by Gasteiger charge is 2.71. The molecule has 184 valence electrons. The van der Waals surface area contributed by atoms with Gasteiger partial charge in [0.05, 0.1) is 12.2 Å². The summed E-state index contributed by atoms with van der Waals surface area (Å²) in [5, 5.41) is 0. The van der Waals surface area contributed by atoms with Crippen LogP contribution in [0.3, 0.4) is 0 Å². The van der Waals surface area contributed by atoms with Gasteiger partial charge in [0, 0.05) is 38.4 Å². The molecule has 4 fully saturated rings. The molecule has 1 aromatic rings. The van der Waals surface area contributed by atoms with Gasteiger partial charge in [0.1, 0.15) is 12.2 Å². The van der Waals surface area contributed by atoms with Crippen LogP contribution in [0.5, 0.6) is 0 Å². The highest BCUT2D eigenvalue weighted by Crippen LogP contribution is 2.71. The van der Waals surface area contributed by atoms with Gasteiger partial charge in [-0.15, -0.1) is 0 Å². The standard InChI is InChI=1S/C28H36O6/c1-17-15-32-27(30-4)16-25(2)11-12-26(3)19(23(25)22(17)27)13-20-21(14-28(26,31-5)34-20)33-24(29)18-9-7-6-8-10-18/h6-10,17,20-22H,11-16H2,1-5H3/t17-,20-,21+,22+,25+,26-,27-,28-/m0/s1. The maximum atomic E-state index is 12.9. The maximum Gasteiger partial charge on any atom is 0.338 e. The quantitative estimate of drug-likeness (QED) is 0.464. The van der Waals surface area contributed by atoms with Crippen molar-refractivity contribution >= 4 is 5.97 Å². The van der Waals surface area contributed by atoms with E-state index in [1.807, 2.05) is 18.2 Å². The molecule has 1 aromatic carbocycles. The minimum Gasteiger partial charge on any atom is -0.456 e. The van der Waals surface area contributed by atoms with E-state index in [4.69, 9.17) is 23.7 Å². The number of rotatable bonds is 4. The first-order valence-electron chi connectivity index (χ1n) is 12.6. The van der Waals surface area contributed by atoms with Crippen LogP contribution < -0.4 is 0 Å². The van der Waals surface area contributed by atoms with E-state index in [2.05, 4.69) is 20.8 Å². The molecule has 6 rings (SSSR count). The molecule has 2 aliphatic carbocycles. The number of carbonyl (C=O) groups excluding carboxylic acids is 1. The Hall–Kier alpha value is -1.73. The van der Waals surface area contributed by atoms with Gasteiger partial charge in [-0.1, -0.05) is 50.1 Å². The number of carbonyl (C=O) groups is 1. The van der Waals surface area contributed by atoms with E-state index in [1.54, 1.807) is 26.4 Å². The normalized spacial score (nSPS) is 46.7. The van der Waals surface area contributed by atoms with Crippen LogP contribution in [-0.4, -0.2) is 50.6 Å². The highest BCUT2D eigenvalue weighted by atomic mass is 16.7. The Morgan fingerprint density at radius 1 is 1.09 bits per heavy atom. The molecule has 5 aliphatic rings. The van der Waals surface area contributed by atoms with Crippen LogP contribution in [0.4, 0.5) is 0 Å². The summed E-state index contributed by atoms with van der Waals surface area (Å²) >= 11 is 0. The summed E-state index contributed by atoms with van der Waals surface area (Å²) in [6.45, 7) is 7.67. The Labute approximate surface area is 201 Å². The lowest BCUT2D eigenvalue weighted by molar-refractivity contribution is -0.283. The smallest absolute Gasteiger partial charge is 0.338 e. The van der Waals surface area contributed by atoms with Gasteiger partial charge >= 0.3 is 5.97 Å². The van der Waals surface area contributed by atoms with Crippen molar-refractivity contribution in [3.63, 3.8) is 0 Å². The summed E-state index contributed by atoms with van der Waals surface area (Å²) in [5.41, 5.74) is 3.24. The molecular formula is C28H36O6. The SMILES string of the molecule is CO[C@]12C[C@@]3(C)CC[C@@]4(C)C(=C3[C@H]1[C@@H](C)CO2)C[C@@H]1O[C@@]4(OC)C[C@H]1OC(=O)c1ccccc1. The monoisotopic (exact) mass is 468 g/mol. The predicted molar refractivity (Wildman–Crippen MR) is 125 cm³/mol. The summed E-state index contributed by atoms with van der Waals surface area (Å²) in [6, 6.07) is 9.18. The maximum absolute atomic E-state index is 12.9. The van der Waals surface area contributed by atoms with E-state index in [0.717, 1.165) is 32.3 Å². The molecule has 0 N–H and O–H groups in total. The van der Waals surface area contributed by atoms with Crippen LogP contribution in [0.15, 0.2) is 41.5 Å². The predicted octanol–water partition coefficient (Wildman–Crippen LogP) is 4.88. The molecule has 3 heterocycles. The molecule has 2 bridgehead atoms. The second-order valence-electron chi connectivity index (χ2n) is 11.6. The van der Waals surface area contributed by atoms with Crippen molar-refractivity contribution in [3.8, 4) is 0 Å². The molecule has 0 unspecified atom stereocenters. The third kappa shape index (κ3) is 2.80. The fourth-order valence-electron chi connectivity index (χ4n) is 8.08. The van der Waals surface area contributed by atoms with E-state index in [9.17, 15) is 4.79 Å². The van der Waals surface area contributed by atoms with Gasteiger partial charge in [-0.2, -0.15) is 0 Å². The lowest BCUT2D eigenvalue weighted by atomic mass is 9.57. The Bertz CT molecular complexity index is 1040. The van der Waals surface area contributed by atoms with Crippen LogP contribution in [0, 0.1) is 22.7 Å². The summed E-state index contributed by atoms with van der Waals surface area (Å²) in [4.78, 5) is 12.9. The number of fused-ring (bicyclic) bond motifs is 7. The van der Waals surface area contributed by atoms with E-state index in [0.29, 0.717) is 17.9 Å². The molecule has 6 nitrogen and oxygen atoms in total. The minimum absolute atomic E-state index is 0.0339. The molecule has 6 heteroatoms. The molecule has 34 heavy (non-hydrogen) atoms. The molecule has 3 aliphatic heterocycles. The zero-order valence-electron chi connectivity index (χ0n) is 20.9. The zero-order chi connectivity index (χ0) is 23.9. The number of ether oxygens (including phenoxy) is 5. The number of esters is 1. The Morgan fingerprint density at radius 2 is 1.85 bits per heavy atom. The summed E-state index contributed by atoms with van der Waals surface area (Å²) in [7, 11) is 3.53. The van der Waals surface area contributed by atoms with Gasteiger partial charge in [-0.3, -0.25) is 0 Å². The number of benzene rings is 1. The highest BCUT2D eigenvalue weighted by molar-refractivity contribution is 5.89. The second kappa shape index (κ2) is 7.39. The Balaban J connectivity index is 1.42. The molecule has 8 atom stereocenters. The van der Waals surface area contributed by atoms with Crippen molar-refractivity contribution in [1.82, 2.24) is 0 Å². The van der Waals surface area contributed by atoms with Crippen molar-refractivity contribution in [2.24, 2.45) is 22.7 Å². The van der Waals surface area contributed by atoms with Crippen LogP contribution in [-0.2, 0) is 23.7 Å². The molecular weight excluding hydrogens is 432 g/mol. The third-order valence-electron chi connectivity index (χ3n) is 9.81. The lowest BCUT2D eigenvalue weighted by Crippen LogP contribution is -2.55. The van der Waals surface area contributed by atoms with Gasteiger partial charge in [0.2, 0.25) is 0 Å². The van der Waals surface area contributed by atoms with Crippen molar-refractivity contribution in [3.05, 3.63) is 47.0 Å². The summed E-state index contributed by atoms with van der Waals surface area (Å²) in [5.74, 6) is -1.03. The molecule has 0 aromatic heterocycles. The summed E-state index contributed by atoms with van der Waals surface area (Å²) in [6.07, 6.45) is 3.61. The topological polar surface area (TPSA) is 63.2 Å². The van der Waals surface area contributed by atoms with E-state index >= 15 is 0 Å². The van der Waals surface area contributed by atoms with E-state index in [-0.39, 0.29) is 34.9 Å². The second-order valence-corrected chi connectivity index (χ2v) is 11.6. The largest absolute Gasteiger partial charge is 0.456 e. The van der Waals surface area contributed by atoms with Gasteiger partial charge in [0.25, 0.3) is 0 Å². The number of hydrogen-bond donors (Lipinski definition) is 0. The number of hydrogen-bond acceptors (Lipinski definition) is 6. The minimum atomic E-state index is -0.803. The molecule has 0 radical (unpaired) electrons. The zero-order valence-corrected chi connectivity index (χ0v) is 20.9. The Morgan fingerprint density at radius 3 is 2.56 bits per heavy atom. The average Bonchev–Trinajstić information content (AvgIpc) is 3.43. The fourth-order valence-corrected chi connectivity index (χ4v) is 8.08. The van der Waals surface area contributed by atoms with Gasteiger partial charge < -0.3 is 23.7 Å². The van der Waals surface area contributed by atoms with E-state index in [1.165, 1.54) is 11.1 Å². The van der Waals surface area contributed by atoms with Gasteiger partial charge in [0.15, 0.2) is 11.6 Å². The average molecular weight is 469 g/mol. The van der Waals surface area contributed by atoms with Gasteiger partial charge in [-0.25, -0.2) is 4.79 Å². The van der Waals surface area contributed by atoms with Crippen molar-refractivity contribution in [2.75, 3.05) is 20.8 Å². The van der Waals surface area contributed by atoms with Crippen molar-refractivity contribution < 1.29 is 28.5 Å². The van der Waals surface area contributed by atoms with Crippen LogP contribution in [0.25, 0.3) is 0 Å². The van der Waals surface area contributed by atoms with Crippen molar-refractivity contribution in [2.45, 2.75) is 76.7 Å². The van der Waals surface area contributed by atoms with E-state index < -0.39 is 11.6 Å².